The first-order valence-electron chi connectivity index (χ1n) is 18.3. The van der Waals surface area contributed by atoms with E-state index in [-0.39, 0.29) is 0 Å². The third-order valence-electron chi connectivity index (χ3n) is 10.7. The van der Waals surface area contributed by atoms with E-state index < -0.39 is 0 Å². The molecule has 0 spiro atoms. The van der Waals surface area contributed by atoms with E-state index in [1.165, 1.54) is 48.0 Å². The van der Waals surface area contributed by atoms with Crippen molar-refractivity contribution >= 4 is 59.0 Å². The standard InChI is InChI=1S/C49H31N3OS/c1-3-13-30(14-4-1)32-27-28-41-40(29-32)45-36(21-11-24-42(45)53-41)34-19-9-20-35-33(34)18-10-22-37(35)48-50-47(31-15-5-2-6-16-31)51-49(52-48)39-23-12-26-44-46(39)38-17-7-8-25-43(38)54-44/h1-9,11-17,19-29H,10,18H2. The van der Waals surface area contributed by atoms with Crippen LogP contribution in [0.2, 0.25) is 0 Å². The van der Waals surface area contributed by atoms with Gasteiger partial charge in [-0.25, -0.2) is 15.0 Å². The zero-order chi connectivity index (χ0) is 35.6. The number of thiophene rings is 1. The Balaban J connectivity index is 1.10. The third kappa shape index (κ3) is 5.01. The van der Waals surface area contributed by atoms with Gasteiger partial charge in [0.1, 0.15) is 11.2 Å². The van der Waals surface area contributed by atoms with Crippen molar-refractivity contribution in [3.05, 3.63) is 181 Å². The third-order valence-corrected chi connectivity index (χ3v) is 11.8. The molecule has 0 N–H and O–H groups in total. The van der Waals surface area contributed by atoms with Crippen molar-refractivity contribution < 1.29 is 4.42 Å². The number of hydrogen-bond acceptors (Lipinski definition) is 5. The first kappa shape index (κ1) is 30.9. The van der Waals surface area contributed by atoms with E-state index >= 15 is 0 Å². The Kier molecular flexibility index (Phi) is 7.13. The van der Waals surface area contributed by atoms with Gasteiger partial charge in [-0.1, -0.05) is 133 Å². The molecule has 254 valence electrons. The number of benzene rings is 7. The Bertz CT molecular complexity index is 3100. The van der Waals surface area contributed by atoms with Gasteiger partial charge in [0.15, 0.2) is 17.5 Å². The molecule has 0 bridgehead atoms. The number of allylic oxidation sites excluding steroid dienone is 1. The van der Waals surface area contributed by atoms with Crippen molar-refractivity contribution in [1.82, 2.24) is 15.0 Å². The van der Waals surface area contributed by atoms with Gasteiger partial charge in [-0.2, -0.15) is 0 Å². The van der Waals surface area contributed by atoms with Crippen molar-refractivity contribution in [2.24, 2.45) is 0 Å². The van der Waals surface area contributed by atoms with Crippen LogP contribution >= 0.6 is 11.3 Å². The lowest BCUT2D eigenvalue weighted by atomic mass is 9.84. The highest BCUT2D eigenvalue weighted by Gasteiger charge is 2.24. The van der Waals surface area contributed by atoms with Gasteiger partial charge in [0, 0.05) is 47.6 Å². The van der Waals surface area contributed by atoms with E-state index in [0.717, 1.165) is 57.0 Å². The van der Waals surface area contributed by atoms with Crippen molar-refractivity contribution in [2.75, 3.05) is 0 Å². The number of furan rings is 1. The summed E-state index contributed by atoms with van der Waals surface area (Å²) in [5.41, 5.74) is 12.0. The molecule has 0 unspecified atom stereocenters. The highest BCUT2D eigenvalue weighted by atomic mass is 32.1. The van der Waals surface area contributed by atoms with Gasteiger partial charge in [0.2, 0.25) is 0 Å². The molecule has 3 heterocycles. The maximum atomic E-state index is 6.46. The first-order chi connectivity index (χ1) is 26.8. The monoisotopic (exact) mass is 709 g/mol. The summed E-state index contributed by atoms with van der Waals surface area (Å²) in [6, 6.07) is 55.4. The fraction of sp³-hybridized carbons (Fsp3) is 0.0408. The second kappa shape index (κ2) is 12.5. The van der Waals surface area contributed by atoms with Crippen LogP contribution in [-0.4, -0.2) is 15.0 Å². The number of fused-ring (bicyclic) bond motifs is 7. The summed E-state index contributed by atoms with van der Waals surface area (Å²) in [7, 11) is 0. The molecule has 11 rings (SSSR count). The molecule has 0 saturated heterocycles. The van der Waals surface area contributed by atoms with Crippen molar-refractivity contribution in [1.29, 1.82) is 0 Å². The Morgan fingerprint density at radius 3 is 2.02 bits per heavy atom. The topological polar surface area (TPSA) is 51.8 Å². The molecule has 0 aliphatic heterocycles. The van der Waals surface area contributed by atoms with Crippen LogP contribution in [0.4, 0.5) is 0 Å². The highest BCUT2D eigenvalue weighted by Crippen LogP contribution is 2.44. The molecule has 1 aliphatic rings. The average molecular weight is 710 g/mol. The number of aromatic nitrogens is 3. The average Bonchev–Trinajstić information content (AvgIpc) is 3.82. The molecule has 0 amide bonds. The van der Waals surface area contributed by atoms with Crippen LogP contribution in [0.1, 0.15) is 23.4 Å². The van der Waals surface area contributed by atoms with Crippen LogP contribution in [0.15, 0.2) is 168 Å². The lowest BCUT2D eigenvalue weighted by molar-refractivity contribution is 0.669. The highest BCUT2D eigenvalue weighted by molar-refractivity contribution is 7.25. The molecule has 7 aromatic carbocycles. The molecular weight excluding hydrogens is 679 g/mol. The SMILES string of the molecule is C1=C(c2nc(-c3ccccc3)nc(-c3cccc4sc5ccccc5c34)n2)c2cccc(-c3cccc4oc5ccc(-c6ccccc6)cc5c34)c2CC1. The molecule has 3 aromatic heterocycles. The van der Waals surface area contributed by atoms with Crippen molar-refractivity contribution in [3.8, 4) is 45.0 Å². The van der Waals surface area contributed by atoms with Gasteiger partial charge in [-0.3, -0.25) is 0 Å². The maximum absolute atomic E-state index is 6.46. The minimum absolute atomic E-state index is 0.667. The Hall–Kier alpha value is -6.69. The minimum atomic E-state index is 0.667. The summed E-state index contributed by atoms with van der Waals surface area (Å²) >= 11 is 1.81. The second-order valence-electron chi connectivity index (χ2n) is 13.8. The predicted octanol–water partition coefficient (Wildman–Crippen LogP) is 13.2. The summed E-state index contributed by atoms with van der Waals surface area (Å²) in [6.07, 6.45) is 4.10. The fourth-order valence-corrected chi connectivity index (χ4v) is 9.33. The molecule has 0 saturated carbocycles. The number of rotatable bonds is 5. The van der Waals surface area contributed by atoms with Gasteiger partial charge in [0.25, 0.3) is 0 Å². The lowest BCUT2D eigenvalue weighted by Gasteiger charge is -2.21. The lowest BCUT2D eigenvalue weighted by Crippen LogP contribution is -2.08. The normalized spacial score (nSPS) is 12.8. The van der Waals surface area contributed by atoms with Gasteiger partial charge < -0.3 is 4.42 Å². The Morgan fingerprint density at radius 1 is 0.444 bits per heavy atom. The Morgan fingerprint density at radius 2 is 1.13 bits per heavy atom. The molecule has 0 radical (unpaired) electrons. The van der Waals surface area contributed by atoms with E-state index in [1.54, 1.807) is 11.3 Å². The van der Waals surface area contributed by atoms with Gasteiger partial charge in [0.05, 0.1) is 0 Å². The van der Waals surface area contributed by atoms with Crippen LogP contribution in [0.3, 0.4) is 0 Å². The van der Waals surface area contributed by atoms with E-state index in [0.29, 0.717) is 17.5 Å². The summed E-state index contributed by atoms with van der Waals surface area (Å²) in [5, 5.41) is 4.67. The zero-order valence-electron chi connectivity index (χ0n) is 29.2. The zero-order valence-corrected chi connectivity index (χ0v) is 30.0. The fourth-order valence-electron chi connectivity index (χ4n) is 8.20. The Labute approximate surface area is 315 Å². The van der Waals surface area contributed by atoms with Crippen LogP contribution in [-0.2, 0) is 6.42 Å². The van der Waals surface area contributed by atoms with Crippen molar-refractivity contribution in [3.63, 3.8) is 0 Å². The summed E-state index contributed by atoms with van der Waals surface area (Å²) in [4.78, 5) is 15.7. The largest absolute Gasteiger partial charge is 0.456 e. The number of nitrogens with zero attached hydrogens (tertiary/aromatic N) is 3. The molecule has 54 heavy (non-hydrogen) atoms. The van der Waals surface area contributed by atoms with E-state index in [2.05, 4.69) is 146 Å². The second-order valence-corrected chi connectivity index (χ2v) is 14.9. The summed E-state index contributed by atoms with van der Waals surface area (Å²) in [6.45, 7) is 0. The van der Waals surface area contributed by atoms with Gasteiger partial charge in [-0.05, 0) is 76.6 Å². The number of hydrogen-bond donors (Lipinski definition) is 0. The van der Waals surface area contributed by atoms with E-state index in [9.17, 15) is 0 Å². The quantitative estimate of drug-likeness (QED) is 0.178. The molecular formula is C49H31N3OS. The van der Waals surface area contributed by atoms with E-state index in [4.69, 9.17) is 19.4 Å². The van der Waals surface area contributed by atoms with Crippen molar-refractivity contribution in [2.45, 2.75) is 12.8 Å². The maximum Gasteiger partial charge on any atom is 0.164 e. The molecule has 0 atom stereocenters. The smallest absolute Gasteiger partial charge is 0.164 e. The van der Waals surface area contributed by atoms with Crippen LogP contribution in [0, 0.1) is 0 Å². The summed E-state index contributed by atoms with van der Waals surface area (Å²) in [5.74, 6) is 2.04. The molecule has 1 aliphatic carbocycles. The van der Waals surface area contributed by atoms with Gasteiger partial charge >= 0.3 is 0 Å². The van der Waals surface area contributed by atoms with Crippen LogP contribution in [0.25, 0.3) is 92.7 Å². The predicted molar refractivity (Wildman–Crippen MR) is 224 cm³/mol. The van der Waals surface area contributed by atoms with Crippen LogP contribution in [0.5, 0.6) is 0 Å². The first-order valence-corrected chi connectivity index (χ1v) is 19.1. The minimum Gasteiger partial charge on any atom is -0.456 e. The molecule has 5 heteroatoms. The molecule has 0 fully saturated rings. The van der Waals surface area contributed by atoms with Gasteiger partial charge in [-0.15, -0.1) is 11.3 Å². The molecule has 10 aromatic rings. The molecule has 4 nitrogen and oxygen atoms in total. The summed E-state index contributed by atoms with van der Waals surface area (Å²) < 4.78 is 8.94. The van der Waals surface area contributed by atoms with Crippen LogP contribution < -0.4 is 0 Å². The van der Waals surface area contributed by atoms with E-state index in [1.807, 2.05) is 18.2 Å².